The molecule has 3 aromatic carbocycles. The van der Waals surface area contributed by atoms with E-state index in [9.17, 15) is 5.11 Å². The minimum atomic E-state index is 0.368. The van der Waals surface area contributed by atoms with E-state index in [-0.39, 0.29) is 0 Å². The second-order valence-electron chi connectivity index (χ2n) is 9.23. The lowest BCUT2D eigenvalue weighted by molar-refractivity contribution is 0.414. The number of phenolic OH excluding ortho intramolecular Hbond substituents is 1. The standard InChI is InChI=1S/C29H35NO2/c1-5-30(19-21-6-8-22(9-7-21)20(2)3)29-18-27(32-4)14-15-28(29)25-11-10-24-17-26(31)13-12-23(24)16-25/h6-9,12-15,17-18,20,25,31H,5,10-11,16,19H2,1-4H3. The van der Waals surface area contributed by atoms with Crippen molar-refractivity contribution < 1.29 is 9.84 Å². The van der Waals surface area contributed by atoms with Gasteiger partial charge in [0.25, 0.3) is 0 Å². The Bertz CT molecular complexity index is 1060. The van der Waals surface area contributed by atoms with E-state index in [4.69, 9.17) is 4.74 Å². The van der Waals surface area contributed by atoms with Gasteiger partial charge in [0.05, 0.1) is 7.11 Å². The highest BCUT2D eigenvalue weighted by Crippen LogP contribution is 2.40. The number of rotatable bonds is 7. The molecule has 32 heavy (non-hydrogen) atoms. The topological polar surface area (TPSA) is 32.7 Å². The highest BCUT2D eigenvalue weighted by Gasteiger charge is 2.24. The Morgan fingerprint density at radius 1 is 1.00 bits per heavy atom. The van der Waals surface area contributed by atoms with E-state index < -0.39 is 0 Å². The van der Waals surface area contributed by atoms with Gasteiger partial charge in [-0.25, -0.2) is 0 Å². The third-order valence-corrected chi connectivity index (χ3v) is 6.84. The normalized spacial score (nSPS) is 15.5. The summed E-state index contributed by atoms with van der Waals surface area (Å²) in [5.74, 6) is 2.28. The van der Waals surface area contributed by atoms with Crippen molar-refractivity contribution in [2.75, 3.05) is 18.6 Å². The van der Waals surface area contributed by atoms with Gasteiger partial charge in [-0.3, -0.25) is 0 Å². The minimum Gasteiger partial charge on any atom is -0.508 e. The van der Waals surface area contributed by atoms with Gasteiger partial charge in [0, 0.05) is 24.8 Å². The number of fused-ring (bicyclic) bond motifs is 1. The molecule has 1 aliphatic carbocycles. The molecular formula is C29H35NO2. The van der Waals surface area contributed by atoms with Crippen molar-refractivity contribution in [1.29, 1.82) is 0 Å². The monoisotopic (exact) mass is 429 g/mol. The molecular weight excluding hydrogens is 394 g/mol. The number of aryl methyl sites for hydroxylation is 1. The van der Waals surface area contributed by atoms with E-state index in [0.717, 1.165) is 38.1 Å². The number of benzene rings is 3. The first-order valence-electron chi connectivity index (χ1n) is 11.8. The first kappa shape index (κ1) is 22.3. The second kappa shape index (κ2) is 9.68. The summed E-state index contributed by atoms with van der Waals surface area (Å²) >= 11 is 0. The van der Waals surface area contributed by atoms with Crippen molar-refractivity contribution in [3.8, 4) is 11.5 Å². The summed E-state index contributed by atoms with van der Waals surface area (Å²) in [6, 6.07) is 21.4. The molecule has 0 amide bonds. The van der Waals surface area contributed by atoms with Crippen molar-refractivity contribution in [1.82, 2.24) is 0 Å². The van der Waals surface area contributed by atoms with E-state index in [0.29, 0.717) is 17.6 Å². The number of methoxy groups -OCH3 is 1. The molecule has 3 nitrogen and oxygen atoms in total. The summed E-state index contributed by atoms with van der Waals surface area (Å²) in [4.78, 5) is 2.47. The zero-order chi connectivity index (χ0) is 22.7. The molecule has 0 saturated heterocycles. The fourth-order valence-corrected chi connectivity index (χ4v) is 4.87. The molecule has 3 heteroatoms. The van der Waals surface area contributed by atoms with Gasteiger partial charge in [0.15, 0.2) is 0 Å². The van der Waals surface area contributed by atoms with Crippen LogP contribution in [0, 0.1) is 0 Å². The van der Waals surface area contributed by atoms with Crippen LogP contribution >= 0.6 is 0 Å². The summed E-state index contributed by atoms with van der Waals surface area (Å²) in [5, 5.41) is 9.84. The Kier molecular flexibility index (Phi) is 6.74. The quantitative estimate of drug-likeness (QED) is 0.447. The SMILES string of the molecule is CCN(Cc1ccc(C(C)C)cc1)c1cc(OC)ccc1C1CCc2cc(O)ccc2C1. The zero-order valence-corrected chi connectivity index (χ0v) is 19.8. The van der Waals surface area contributed by atoms with E-state index in [1.807, 2.05) is 12.1 Å². The maximum atomic E-state index is 9.84. The van der Waals surface area contributed by atoms with Crippen LogP contribution in [-0.2, 0) is 19.4 Å². The van der Waals surface area contributed by atoms with Crippen LogP contribution in [-0.4, -0.2) is 18.8 Å². The maximum absolute atomic E-state index is 9.84. The number of phenols is 1. The highest BCUT2D eigenvalue weighted by atomic mass is 16.5. The van der Waals surface area contributed by atoms with Crippen LogP contribution in [0.15, 0.2) is 60.7 Å². The van der Waals surface area contributed by atoms with Gasteiger partial charge in [-0.15, -0.1) is 0 Å². The Hall–Kier alpha value is -2.94. The number of hydrogen-bond donors (Lipinski definition) is 1. The Morgan fingerprint density at radius 3 is 2.47 bits per heavy atom. The zero-order valence-electron chi connectivity index (χ0n) is 19.8. The molecule has 0 aliphatic heterocycles. The van der Waals surface area contributed by atoms with Gasteiger partial charge in [-0.05, 0) is 84.0 Å². The van der Waals surface area contributed by atoms with Crippen LogP contribution in [0.4, 0.5) is 5.69 Å². The number of hydrogen-bond acceptors (Lipinski definition) is 3. The van der Waals surface area contributed by atoms with Crippen molar-refractivity contribution >= 4 is 5.69 Å². The van der Waals surface area contributed by atoms with Crippen LogP contribution < -0.4 is 9.64 Å². The Morgan fingerprint density at radius 2 is 1.78 bits per heavy atom. The number of aromatic hydroxyl groups is 1. The summed E-state index contributed by atoms with van der Waals surface area (Å²) in [5.41, 5.74) is 8.01. The lowest BCUT2D eigenvalue weighted by atomic mass is 9.79. The summed E-state index contributed by atoms with van der Waals surface area (Å²) in [7, 11) is 1.74. The molecule has 168 valence electrons. The van der Waals surface area contributed by atoms with E-state index >= 15 is 0 Å². The van der Waals surface area contributed by atoms with Crippen LogP contribution in [0.25, 0.3) is 0 Å². The van der Waals surface area contributed by atoms with Crippen molar-refractivity contribution in [3.63, 3.8) is 0 Å². The summed E-state index contributed by atoms with van der Waals surface area (Å²) < 4.78 is 5.60. The Labute approximate surface area is 192 Å². The smallest absolute Gasteiger partial charge is 0.120 e. The molecule has 0 saturated carbocycles. The molecule has 4 rings (SSSR count). The molecule has 0 spiro atoms. The molecule has 0 aromatic heterocycles. The first-order valence-corrected chi connectivity index (χ1v) is 11.8. The molecule has 0 radical (unpaired) electrons. The van der Waals surface area contributed by atoms with Gasteiger partial charge in [-0.2, -0.15) is 0 Å². The predicted octanol–water partition coefficient (Wildman–Crippen LogP) is 6.82. The minimum absolute atomic E-state index is 0.368. The van der Waals surface area contributed by atoms with Gasteiger partial charge in [0.2, 0.25) is 0 Å². The van der Waals surface area contributed by atoms with Crippen molar-refractivity contribution in [2.45, 2.75) is 58.4 Å². The lowest BCUT2D eigenvalue weighted by Crippen LogP contribution is -2.25. The van der Waals surface area contributed by atoms with Crippen molar-refractivity contribution in [2.24, 2.45) is 0 Å². The summed E-state index contributed by atoms with van der Waals surface area (Å²) in [6.07, 6.45) is 3.11. The molecule has 1 atom stereocenters. The third kappa shape index (κ3) is 4.77. The van der Waals surface area contributed by atoms with E-state index in [1.54, 1.807) is 7.11 Å². The van der Waals surface area contributed by atoms with Gasteiger partial charge >= 0.3 is 0 Å². The average molecular weight is 430 g/mol. The molecule has 0 fully saturated rings. The van der Waals surface area contributed by atoms with Crippen molar-refractivity contribution in [3.05, 3.63) is 88.5 Å². The summed E-state index contributed by atoms with van der Waals surface area (Å²) in [6.45, 7) is 8.51. The van der Waals surface area contributed by atoms with Gasteiger partial charge in [-0.1, -0.05) is 50.2 Å². The molecule has 0 bridgehead atoms. The van der Waals surface area contributed by atoms with Crippen LogP contribution in [0.5, 0.6) is 11.5 Å². The Balaban J connectivity index is 1.64. The van der Waals surface area contributed by atoms with E-state index in [1.165, 1.54) is 33.5 Å². The van der Waals surface area contributed by atoms with Gasteiger partial charge in [0.1, 0.15) is 11.5 Å². The molecule has 0 heterocycles. The second-order valence-corrected chi connectivity index (χ2v) is 9.23. The first-order chi connectivity index (χ1) is 15.5. The van der Waals surface area contributed by atoms with Crippen LogP contribution in [0.2, 0.25) is 0 Å². The lowest BCUT2D eigenvalue weighted by Gasteiger charge is -2.32. The predicted molar refractivity (Wildman–Crippen MR) is 133 cm³/mol. The fourth-order valence-electron chi connectivity index (χ4n) is 4.87. The molecule has 3 aromatic rings. The maximum Gasteiger partial charge on any atom is 0.120 e. The third-order valence-electron chi connectivity index (χ3n) is 6.84. The highest BCUT2D eigenvalue weighted by molar-refractivity contribution is 5.60. The largest absolute Gasteiger partial charge is 0.508 e. The fraction of sp³-hybridized carbons (Fsp3) is 0.379. The van der Waals surface area contributed by atoms with Crippen LogP contribution in [0.3, 0.4) is 0 Å². The molecule has 1 N–H and O–H groups in total. The van der Waals surface area contributed by atoms with Crippen LogP contribution in [0.1, 0.15) is 66.8 Å². The number of anilines is 1. The number of ether oxygens (including phenoxy) is 1. The molecule has 1 unspecified atom stereocenters. The van der Waals surface area contributed by atoms with Gasteiger partial charge < -0.3 is 14.7 Å². The number of nitrogens with zero attached hydrogens (tertiary/aromatic N) is 1. The van der Waals surface area contributed by atoms with E-state index in [2.05, 4.69) is 74.2 Å². The molecule has 1 aliphatic rings. The average Bonchev–Trinajstić information content (AvgIpc) is 2.82.